The number of carboxylic acid groups (broad SMARTS) is 1. The number of benzene rings is 1. The van der Waals surface area contributed by atoms with Gasteiger partial charge in [0.15, 0.2) is 0 Å². The first kappa shape index (κ1) is 14.6. The first-order chi connectivity index (χ1) is 9.56. The van der Waals surface area contributed by atoms with Crippen molar-refractivity contribution >= 4 is 21.9 Å². The number of aromatic nitrogens is 3. The van der Waals surface area contributed by atoms with Crippen LogP contribution in [0.4, 0.5) is 4.39 Å². The van der Waals surface area contributed by atoms with Crippen LogP contribution in [0.2, 0.25) is 0 Å². The van der Waals surface area contributed by atoms with Gasteiger partial charge in [-0.25, -0.2) is 9.07 Å². The highest BCUT2D eigenvalue weighted by Gasteiger charge is 2.06. The van der Waals surface area contributed by atoms with E-state index >= 15 is 0 Å². The fourth-order valence-corrected chi connectivity index (χ4v) is 2.00. The van der Waals surface area contributed by atoms with Crippen LogP contribution < -0.4 is 0 Å². The number of hydrogen-bond acceptors (Lipinski definition) is 3. The van der Waals surface area contributed by atoms with Crippen molar-refractivity contribution in [1.82, 2.24) is 15.0 Å². The number of hydrogen-bond donors (Lipinski definition) is 1. The summed E-state index contributed by atoms with van der Waals surface area (Å²) in [6.07, 6.45) is 3.89. The van der Waals surface area contributed by atoms with E-state index in [-0.39, 0.29) is 12.2 Å². The molecule has 20 heavy (non-hydrogen) atoms. The molecule has 0 aliphatic heterocycles. The molecule has 0 amide bonds. The van der Waals surface area contributed by atoms with Gasteiger partial charge < -0.3 is 5.11 Å². The highest BCUT2D eigenvalue weighted by atomic mass is 79.9. The molecule has 1 aromatic carbocycles. The van der Waals surface area contributed by atoms with Gasteiger partial charge in [0.1, 0.15) is 5.82 Å². The summed E-state index contributed by atoms with van der Waals surface area (Å²) in [5, 5.41) is 16.5. The van der Waals surface area contributed by atoms with Crippen LogP contribution >= 0.6 is 15.9 Å². The smallest absolute Gasteiger partial charge is 0.303 e. The second-order valence-electron chi connectivity index (χ2n) is 4.35. The molecule has 0 saturated heterocycles. The van der Waals surface area contributed by atoms with E-state index in [0.29, 0.717) is 23.0 Å². The van der Waals surface area contributed by atoms with Crippen molar-refractivity contribution in [3.63, 3.8) is 0 Å². The molecule has 2 aromatic rings. The predicted molar refractivity (Wildman–Crippen MR) is 74.2 cm³/mol. The lowest BCUT2D eigenvalue weighted by atomic mass is 10.1. The first-order valence-electron chi connectivity index (χ1n) is 6.14. The van der Waals surface area contributed by atoms with Gasteiger partial charge in [0.2, 0.25) is 0 Å². The zero-order valence-corrected chi connectivity index (χ0v) is 12.2. The molecule has 0 bridgehead atoms. The van der Waals surface area contributed by atoms with E-state index in [1.54, 1.807) is 18.3 Å². The average molecular weight is 342 g/mol. The van der Waals surface area contributed by atoms with Gasteiger partial charge in [-0.1, -0.05) is 5.21 Å². The maximum atomic E-state index is 13.4. The van der Waals surface area contributed by atoms with E-state index in [0.717, 1.165) is 12.1 Å². The molecule has 7 heteroatoms. The Balaban J connectivity index is 1.97. The Hall–Kier alpha value is -1.76. The van der Waals surface area contributed by atoms with E-state index in [1.807, 2.05) is 0 Å². The number of halogens is 2. The standard InChI is InChI=1S/C13H13BrFN3O2/c14-11-6-5-10(7-12(11)15)18-8-9(16-17-18)3-1-2-4-13(19)20/h5-8H,1-4H2,(H,19,20). The number of aliphatic carboxylic acids is 1. The Bertz CT molecular complexity index is 615. The number of carboxylic acids is 1. The van der Waals surface area contributed by atoms with Gasteiger partial charge >= 0.3 is 5.97 Å². The molecule has 0 saturated carbocycles. The molecular weight excluding hydrogens is 329 g/mol. The highest BCUT2D eigenvalue weighted by molar-refractivity contribution is 9.10. The molecule has 2 rings (SSSR count). The number of rotatable bonds is 6. The largest absolute Gasteiger partial charge is 0.481 e. The summed E-state index contributed by atoms with van der Waals surface area (Å²) in [5.41, 5.74) is 1.36. The van der Waals surface area contributed by atoms with E-state index in [4.69, 9.17) is 5.11 Å². The van der Waals surface area contributed by atoms with Gasteiger partial charge in [-0.2, -0.15) is 0 Å². The van der Waals surface area contributed by atoms with Crippen molar-refractivity contribution in [1.29, 1.82) is 0 Å². The maximum Gasteiger partial charge on any atom is 0.303 e. The summed E-state index contributed by atoms with van der Waals surface area (Å²) in [6.45, 7) is 0. The molecule has 1 heterocycles. The SMILES string of the molecule is O=C(O)CCCCc1cn(-c2ccc(Br)c(F)c2)nn1. The molecular formula is C13H13BrFN3O2. The van der Waals surface area contributed by atoms with Crippen molar-refractivity contribution in [3.8, 4) is 5.69 Å². The topological polar surface area (TPSA) is 68.0 Å². The van der Waals surface area contributed by atoms with Crippen molar-refractivity contribution in [2.45, 2.75) is 25.7 Å². The summed E-state index contributed by atoms with van der Waals surface area (Å²) in [4.78, 5) is 10.4. The number of aryl methyl sites for hydroxylation is 1. The van der Waals surface area contributed by atoms with E-state index in [1.165, 1.54) is 10.7 Å². The minimum Gasteiger partial charge on any atom is -0.481 e. The summed E-state index contributed by atoms with van der Waals surface area (Å²) in [7, 11) is 0. The Morgan fingerprint density at radius 2 is 2.20 bits per heavy atom. The van der Waals surface area contributed by atoms with Gasteiger partial charge in [0, 0.05) is 12.5 Å². The van der Waals surface area contributed by atoms with E-state index in [2.05, 4.69) is 26.2 Å². The Kier molecular flexibility index (Phi) is 4.84. The summed E-state index contributed by atoms with van der Waals surface area (Å²) in [6, 6.07) is 4.71. The van der Waals surface area contributed by atoms with Crippen molar-refractivity contribution in [2.24, 2.45) is 0 Å². The lowest BCUT2D eigenvalue weighted by Crippen LogP contribution is -1.95. The minimum absolute atomic E-state index is 0.159. The Labute approximate surface area is 123 Å². The van der Waals surface area contributed by atoms with Gasteiger partial charge in [-0.3, -0.25) is 4.79 Å². The van der Waals surface area contributed by atoms with Gasteiger partial charge in [-0.15, -0.1) is 5.10 Å². The van der Waals surface area contributed by atoms with Crippen LogP contribution in [0.5, 0.6) is 0 Å². The number of unbranched alkanes of at least 4 members (excludes halogenated alkanes) is 1. The van der Waals surface area contributed by atoms with Crippen LogP contribution in [0.3, 0.4) is 0 Å². The Morgan fingerprint density at radius 3 is 2.90 bits per heavy atom. The fourth-order valence-electron chi connectivity index (χ4n) is 1.75. The lowest BCUT2D eigenvalue weighted by Gasteiger charge is -2.00. The van der Waals surface area contributed by atoms with Crippen LogP contribution in [-0.2, 0) is 11.2 Å². The number of carbonyl (C=O) groups is 1. The summed E-state index contributed by atoms with van der Waals surface area (Å²) >= 11 is 3.09. The molecule has 5 nitrogen and oxygen atoms in total. The van der Waals surface area contributed by atoms with Gasteiger partial charge in [-0.05, 0) is 47.3 Å². The van der Waals surface area contributed by atoms with Gasteiger partial charge in [0.05, 0.1) is 22.1 Å². The Morgan fingerprint density at radius 1 is 1.40 bits per heavy atom. The second kappa shape index (κ2) is 6.60. The zero-order valence-electron chi connectivity index (χ0n) is 10.6. The van der Waals surface area contributed by atoms with E-state index in [9.17, 15) is 9.18 Å². The maximum absolute atomic E-state index is 13.4. The number of nitrogens with zero attached hydrogens (tertiary/aromatic N) is 3. The third kappa shape index (κ3) is 3.86. The zero-order chi connectivity index (χ0) is 14.5. The third-order valence-corrected chi connectivity index (χ3v) is 3.43. The average Bonchev–Trinajstić information content (AvgIpc) is 2.86. The fraction of sp³-hybridized carbons (Fsp3) is 0.308. The first-order valence-corrected chi connectivity index (χ1v) is 6.94. The monoisotopic (exact) mass is 341 g/mol. The van der Waals surface area contributed by atoms with Crippen molar-refractivity contribution < 1.29 is 14.3 Å². The van der Waals surface area contributed by atoms with Crippen LogP contribution in [0, 0.1) is 5.82 Å². The van der Waals surface area contributed by atoms with Crippen molar-refractivity contribution in [2.75, 3.05) is 0 Å². The molecule has 1 aromatic heterocycles. The molecule has 0 atom stereocenters. The molecule has 0 spiro atoms. The highest BCUT2D eigenvalue weighted by Crippen LogP contribution is 2.18. The van der Waals surface area contributed by atoms with Crippen LogP contribution in [0.1, 0.15) is 25.0 Å². The van der Waals surface area contributed by atoms with Crippen LogP contribution in [-0.4, -0.2) is 26.1 Å². The van der Waals surface area contributed by atoms with Crippen molar-refractivity contribution in [3.05, 3.63) is 40.4 Å². The molecule has 1 N–H and O–H groups in total. The van der Waals surface area contributed by atoms with Gasteiger partial charge in [0.25, 0.3) is 0 Å². The normalized spacial score (nSPS) is 10.7. The minimum atomic E-state index is -0.793. The summed E-state index contributed by atoms with van der Waals surface area (Å²) < 4.78 is 15.3. The lowest BCUT2D eigenvalue weighted by molar-refractivity contribution is -0.137. The molecule has 0 radical (unpaired) electrons. The second-order valence-corrected chi connectivity index (χ2v) is 5.21. The molecule has 0 fully saturated rings. The van der Waals surface area contributed by atoms with Crippen LogP contribution in [0.15, 0.2) is 28.9 Å². The predicted octanol–water partition coefficient (Wildman–Crippen LogP) is 2.97. The molecule has 0 aliphatic rings. The van der Waals surface area contributed by atoms with Crippen LogP contribution in [0.25, 0.3) is 5.69 Å². The quantitative estimate of drug-likeness (QED) is 0.820. The molecule has 0 unspecified atom stereocenters. The third-order valence-electron chi connectivity index (χ3n) is 2.78. The molecule has 106 valence electrons. The van der Waals surface area contributed by atoms with E-state index < -0.39 is 5.97 Å². The summed E-state index contributed by atoms with van der Waals surface area (Å²) in [5.74, 6) is -1.15. The molecule has 0 aliphatic carbocycles.